The van der Waals surface area contributed by atoms with E-state index < -0.39 is 6.36 Å². The van der Waals surface area contributed by atoms with Gasteiger partial charge >= 0.3 is 6.36 Å². The molecule has 0 saturated carbocycles. The van der Waals surface area contributed by atoms with Gasteiger partial charge in [-0.15, -0.1) is 24.9 Å². The zero-order valence-corrected chi connectivity index (χ0v) is 10.9. The van der Waals surface area contributed by atoms with Crippen LogP contribution in [0.25, 0.3) is 11.1 Å². The Morgan fingerprint density at radius 3 is 2.21 bits per heavy atom. The molecule has 2 aromatic carbocycles. The molecule has 0 fully saturated rings. The molecule has 0 aromatic heterocycles. The molecule has 0 bridgehead atoms. The molecule has 0 aliphatic heterocycles. The van der Waals surface area contributed by atoms with Gasteiger partial charge in [-0.1, -0.05) is 30.3 Å². The summed E-state index contributed by atoms with van der Waals surface area (Å²) in [5.41, 5.74) is 1.55. The lowest BCUT2D eigenvalue weighted by molar-refractivity contribution is -0.274. The maximum Gasteiger partial charge on any atom is 0.573 e. The minimum Gasteiger partial charge on any atom is -0.406 e. The van der Waals surface area contributed by atoms with Gasteiger partial charge in [0.15, 0.2) is 0 Å². The van der Waals surface area contributed by atoms with Gasteiger partial charge in [0.2, 0.25) is 0 Å². The van der Waals surface area contributed by atoms with Crippen molar-refractivity contribution >= 4 is 11.8 Å². The van der Waals surface area contributed by atoms with Crippen molar-refractivity contribution < 1.29 is 17.9 Å². The standard InChI is InChI=1S/C14H11F3OS/c1-19-13-8-11(10-5-3-2-4-6-10)7-12(9-13)18-14(15,16)17/h2-9H,1H3. The van der Waals surface area contributed by atoms with E-state index in [4.69, 9.17) is 0 Å². The lowest BCUT2D eigenvalue weighted by Gasteiger charge is -2.12. The summed E-state index contributed by atoms with van der Waals surface area (Å²) in [6, 6.07) is 13.8. The van der Waals surface area contributed by atoms with Crippen LogP contribution in [0.4, 0.5) is 13.2 Å². The third kappa shape index (κ3) is 3.92. The summed E-state index contributed by atoms with van der Waals surface area (Å²) in [5, 5.41) is 0. The molecule has 0 saturated heterocycles. The van der Waals surface area contributed by atoms with Crippen LogP contribution < -0.4 is 4.74 Å². The van der Waals surface area contributed by atoms with Gasteiger partial charge in [-0.25, -0.2) is 0 Å². The van der Waals surface area contributed by atoms with E-state index in [-0.39, 0.29) is 5.75 Å². The number of hydrogen-bond donors (Lipinski definition) is 0. The van der Waals surface area contributed by atoms with Gasteiger partial charge < -0.3 is 4.74 Å². The molecule has 19 heavy (non-hydrogen) atoms. The fourth-order valence-corrected chi connectivity index (χ4v) is 2.16. The molecule has 100 valence electrons. The Bertz CT molecular complexity index is 552. The summed E-state index contributed by atoms with van der Waals surface area (Å²) in [4.78, 5) is 0.723. The third-order valence-electron chi connectivity index (χ3n) is 2.46. The zero-order chi connectivity index (χ0) is 13.9. The second-order valence-electron chi connectivity index (χ2n) is 3.81. The molecule has 5 heteroatoms. The average molecular weight is 284 g/mol. The second kappa shape index (κ2) is 5.57. The van der Waals surface area contributed by atoms with Crippen LogP contribution in [-0.2, 0) is 0 Å². The number of halogens is 3. The topological polar surface area (TPSA) is 9.23 Å². The van der Waals surface area contributed by atoms with Crippen LogP contribution in [0, 0.1) is 0 Å². The van der Waals surface area contributed by atoms with E-state index in [1.54, 1.807) is 0 Å². The molecule has 0 spiro atoms. The van der Waals surface area contributed by atoms with Crippen LogP contribution in [0.2, 0.25) is 0 Å². The van der Waals surface area contributed by atoms with E-state index in [1.807, 2.05) is 42.7 Å². The highest BCUT2D eigenvalue weighted by molar-refractivity contribution is 7.98. The molecular formula is C14H11F3OS. The lowest BCUT2D eigenvalue weighted by Crippen LogP contribution is -2.17. The summed E-state index contributed by atoms with van der Waals surface area (Å²) in [7, 11) is 0. The van der Waals surface area contributed by atoms with Crippen LogP contribution >= 0.6 is 11.8 Å². The van der Waals surface area contributed by atoms with Gasteiger partial charge in [0.1, 0.15) is 5.75 Å². The Morgan fingerprint density at radius 1 is 0.947 bits per heavy atom. The van der Waals surface area contributed by atoms with Crippen molar-refractivity contribution in [1.82, 2.24) is 0 Å². The van der Waals surface area contributed by atoms with E-state index in [9.17, 15) is 13.2 Å². The molecule has 0 amide bonds. The van der Waals surface area contributed by atoms with Gasteiger partial charge in [-0.05, 0) is 35.6 Å². The summed E-state index contributed by atoms with van der Waals surface area (Å²) in [5.74, 6) is -0.196. The van der Waals surface area contributed by atoms with Crippen LogP contribution in [0.1, 0.15) is 0 Å². The first kappa shape index (κ1) is 13.8. The van der Waals surface area contributed by atoms with Crippen molar-refractivity contribution in [3.63, 3.8) is 0 Å². The molecule has 0 aliphatic rings. The highest BCUT2D eigenvalue weighted by atomic mass is 32.2. The van der Waals surface area contributed by atoms with Gasteiger partial charge in [0.05, 0.1) is 0 Å². The first-order valence-corrected chi connectivity index (χ1v) is 6.71. The highest BCUT2D eigenvalue weighted by Gasteiger charge is 2.31. The van der Waals surface area contributed by atoms with Gasteiger partial charge in [0.25, 0.3) is 0 Å². The highest BCUT2D eigenvalue weighted by Crippen LogP contribution is 2.32. The van der Waals surface area contributed by atoms with E-state index >= 15 is 0 Å². The number of alkyl halides is 3. The predicted molar refractivity (Wildman–Crippen MR) is 70.3 cm³/mol. The monoisotopic (exact) mass is 284 g/mol. The minimum absolute atomic E-state index is 0.196. The number of hydrogen-bond acceptors (Lipinski definition) is 2. The number of thioether (sulfide) groups is 1. The van der Waals surface area contributed by atoms with E-state index in [0.29, 0.717) is 5.56 Å². The molecule has 0 atom stereocenters. The molecule has 0 heterocycles. The molecule has 2 rings (SSSR count). The summed E-state index contributed by atoms with van der Waals surface area (Å²) >= 11 is 1.37. The Hall–Kier alpha value is -1.62. The van der Waals surface area contributed by atoms with Crippen LogP contribution in [0.5, 0.6) is 5.75 Å². The molecule has 0 unspecified atom stereocenters. The maximum atomic E-state index is 12.3. The van der Waals surface area contributed by atoms with E-state index in [1.165, 1.54) is 23.9 Å². The Balaban J connectivity index is 2.42. The smallest absolute Gasteiger partial charge is 0.406 e. The largest absolute Gasteiger partial charge is 0.573 e. The number of rotatable bonds is 3. The molecule has 0 aliphatic carbocycles. The van der Waals surface area contributed by atoms with Crippen molar-refractivity contribution in [3.8, 4) is 16.9 Å². The van der Waals surface area contributed by atoms with E-state index in [2.05, 4.69) is 4.74 Å². The van der Waals surface area contributed by atoms with Gasteiger partial charge in [-0.3, -0.25) is 0 Å². The Kier molecular flexibility index (Phi) is 4.04. The Labute approximate surface area is 113 Å². The number of ether oxygens (including phenoxy) is 1. The average Bonchev–Trinajstić information content (AvgIpc) is 2.37. The van der Waals surface area contributed by atoms with Crippen LogP contribution in [-0.4, -0.2) is 12.6 Å². The second-order valence-corrected chi connectivity index (χ2v) is 4.69. The normalized spacial score (nSPS) is 11.4. The minimum atomic E-state index is -4.68. The first-order valence-electron chi connectivity index (χ1n) is 5.48. The van der Waals surface area contributed by atoms with Crippen molar-refractivity contribution in [2.45, 2.75) is 11.3 Å². The van der Waals surface area contributed by atoms with Gasteiger partial charge in [-0.2, -0.15) is 0 Å². The molecule has 0 N–H and O–H groups in total. The van der Waals surface area contributed by atoms with Crippen LogP contribution in [0.3, 0.4) is 0 Å². The van der Waals surface area contributed by atoms with E-state index in [0.717, 1.165) is 10.5 Å². The van der Waals surface area contributed by atoms with Gasteiger partial charge in [0, 0.05) is 4.90 Å². The summed E-state index contributed by atoms with van der Waals surface area (Å²) < 4.78 is 40.8. The molecule has 0 radical (unpaired) electrons. The quantitative estimate of drug-likeness (QED) is 0.736. The van der Waals surface area contributed by atoms with Crippen molar-refractivity contribution in [2.24, 2.45) is 0 Å². The van der Waals surface area contributed by atoms with Crippen molar-refractivity contribution in [3.05, 3.63) is 48.5 Å². The molecule has 1 nitrogen and oxygen atoms in total. The van der Waals surface area contributed by atoms with Crippen LogP contribution in [0.15, 0.2) is 53.4 Å². The predicted octanol–water partition coefficient (Wildman–Crippen LogP) is 4.97. The molecule has 2 aromatic rings. The first-order chi connectivity index (χ1) is 8.98. The SMILES string of the molecule is CSc1cc(OC(F)(F)F)cc(-c2ccccc2)c1. The fourth-order valence-electron chi connectivity index (χ4n) is 1.68. The maximum absolute atomic E-state index is 12.3. The lowest BCUT2D eigenvalue weighted by atomic mass is 10.1. The summed E-state index contributed by atoms with van der Waals surface area (Å²) in [6.07, 6.45) is -2.87. The summed E-state index contributed by atoms with van der Waals surface area (Å²) in [6.45, 7) is 0. The van der Waals surface area contributed by atoms with Crippen molar-refractivity contribution in [2.75, 3.05) is 6.26 Å². The number of benzene rings is 2. The third-order valence-corrected chi connectivity index (χ3v) is 3.16. The molecular weight excluding hydrogens is 273 g/mol. The van der Waals surface area contributed by atoms with Crippen molar-refractivity contribution in [1.29, 1.82) is 0 Å². The zero-order valence-electron chi connectivity index (χ0n) is 10.1. The Morgan fingerprint density at radius 2 is 1.63 bits per heavy atom. The fraction of sp³-hybridized carbons (Fsp3) is 0.143.